The van der Waals surface area contributed by atoms with E-state index in [0.717, 1.165) is 17.1 Å². The van der Waals surface area contributed by atoms with Crippen molar-refractivity contribution >= 4 is 5.69 Å². The molecule has 0 radical (unpaired) electrons. The molecule has 2 rings (SSSR count). The highest BCUT2D eigenvalue weighted by molar-refractivity contribution is 5.43. The molecule has 0 spiro atoms. The molecule has 0 saturated carbocycles. The fourth-order valence-corrected chi connectivity index (χ4v) is 1.27. The van der Waals surface area contributed by atoms with Gasteiger partial charge in [-0.1, -0.05) is 0 Å². The van der Waals surface area contributed by atoms with Crippen LogP contribution in [-0.4, -0.2) is 15.0 Å². The van der Waals surface area contributed by atoms with E-state index in [1.54, 1.807) is 18.7 Å². The van der Waals surface area contributed by atoms with Gasteiger partial charge in [-0.25, -0.2) is 9.97 Å². The second-order valence-electron chi connectivity index (χ2n) is 3.24. The van der Waals surface area contributed by atoms with Crippen molar-refractivity contribution in [1.82, 2.24) is 15.0 Å². The van der Waals surface area contributed by atoms with Gasteiger partial charge in [-0.05, 0) is 25.1 Å². The van der Waals surface area contributed by atoms with Gasteiger partial charge in [-0.15, -0.1) is 0 Å². The third kappa shape index (κ3) is 2.74. The summed E-state index contributed by atoms with van der Waals surface area (Å²) in [5.74, 6) is 0. The Balaban J connectivity index is 1.99. The number of aryl methyl sites for hydroxylation is 1. The second-order valence-corrected chi connectivity index (χ2v) is 3.24. The van der Waals surface area contributed by atoms with Crippen molar-refractivity contribution in [2.45, 2.75) is 13.5 Å². The van der Waals surface area contributed by atoms with Crippen molar-refractivity contribution in [1.29, 1.82) is 0 Å². The monoisotopic (exact) mass is 200 g/mol. The first-order valence-electron chi connectivity index (χ1n) is 4.76. The number of pyridine rings is 1. The van der Waals surface area contributed by atoms with E-state index in [1.165, 1.54) is 0 Å². The Kier molecular flexibility index (Phi) is 2.88. The molecule has 4 nitrogen and oxygen atoms in total. The first-order chi connectivity index (χ1) is 7.34. The predicted molar refractivity (Wildman–Crippen MR) is 58.3 cm³/mol. The second kappa shape index (κ2) is 4.50. The Labute approximate surface area is 88.4 Å². The van der Waals surface area contributed by atoms with Gasteiger partial charge in [0.2, 0.25) is 0 Å². The lowest BCUT2D eigenvalue weighted by Crippen LogP contribution is -2.01. The van der Waals surface area contributed by atoms with Crippen molar-refractivity contribution in [3.05, 3.63) is 48.3 Å². The lowest BCUT2D eigenvalue weighted by atomic mass is 10.3. The van der Waals surface area contributed by atoms with Crippen LogP contribution in [0.5, 0.6) is 0 Å². The minimum absolute atomic E-state index is 0.700. The number of nitrogens with one attached hydrogen (secondary N) is 1. The van der Waals surface area contributed by atoms with Crippen molar-refractivity contribution in [3.8, 4) is 0 Å². The van der Waals surface area contributed by atoms with Crippen LogP contribution in [-0.2, 0) is 6.54 Å². The molecule has 2 aromatic rings. The van der Waals surface area contributed by atoms with E-state index < -0.39 is 0 Å². The highest BCUT2D eigenvalue weighted by Gasteiger charge is 1.94. The number of rotatable bonds is 3. The predicted octanol–water partition coefficient (Wildman–Crippen LogP) is 1.79. The lowest BCUT2D eigenvalue weighted by molar-refractivity contribution is 1.00. The van der Waals surface area contributed by atoms with E-state index in [2.05, 4.69) is 20.3 Å². The van der Waals surface area contributed by atoms with E-state index in [0.29, 0.717) is 6.54 Å². The van der Waals surface area contributed by atoms with Crippen LogP contribution in [0.4, 0.5) is 5.69 Å². The van der Waals surface area contributed by atoms with Gasteiger partial charge in [-0.3, -0.25) is 4.98 Å². The Hall–Kier alpha value is -1.97. The summed E-state index contributed by atoms with van der Waals surface area (Å²) < 4.78 is 0. The summed E-state index contributed by atoms with van der Waals surface area (Å²) in [7, 11) is 0. The maximum Gasteiger partial charge on any atom is 0.115 e. The average Bonchev–Trinajstić information content (AvgIpc) is 2.28. The molecule has 0 aliphatic heterocycles. The van der Waals surface area contributed by atoms with E-state index in [4.69, 9.17) is 0 Å². The van der Waals surface area contributed by atoms with E-state index in [-0.39, 0.29) is 0 Å². The molecule has 76 valence electrons. The van der Waals surface area contributed by atoms with Crippen LogP contribution < -0.4 is 5.32 Å². The molecule has 0 aromatic carbocycles. The van der Waals surface area contributed by atoms with E-state index >= 15 is 0 Å². The van der Waals surface area contributed by atoms with Crippen molar-refractivity contribution in [2.75, 3.05) is 5.32 Å². The Morgan fingerprint density at radius 2 is 2.13 bits per heavy atom. The molecule has 4 heteroatoms. The number of hydrogen-bond donors (Lipinski definition) is 1. The molecule has 0 fully saturated rings. The van der Waals surface area contributed by atoms with Gasteiger partial charge >= 0.3 is 0 Å². The Bertz CT molecular complexity index is 428. The number of anilines is 1. The summed E-state index contributed by atoms with van der Waals surface area (Å²) in [5, 5.41) is 3.27. The average molecular weight is 200 g/mol. The topological polar surface area (TPSA) is 50.7 Å². The molecule has 0 aliphatic carbocycles. The van der Waals surface area contributed by atoms with Crippen molar-refractivity contribution < 1.29 is 0 Å². The van der Waals surface area contributed by atoms with Crippen molar-refractivity contribution in [2.24, 2.45) is 0 Å². The van der Waals surface area contributed by atoms with Gasteiger partial charge in [0.15, 0.2) is 0 Å². The smallest absolute Gasteiger partial charge is 0.115 e. The zero-order valence-electron chi connectivity index (χ0n) is 8.51. The maximum absolute atomic E-state index is 4.13. The van der Waals surface area contributed by atoms with Crippen LogP contribution in [0.25, 0.3) is 0 Å². The largest absolute Gasteiger partial charge is 0.379 e. The molecule has 2 aromatic heterocycles. The summed E-state index contributed by atoms with van der Waals surface area (Å²) in [6.45, 7) is 2.67. The number of hydrogen-bond acceptors (Lipinski definition) is 4. The van der Waals surface area contributed by atoms with E-state index in [1.807, 2.05) is 25.1 Å². The molecule has 15 heavy (non-hydrogen) atoms. The summed E-state index contributed by atoms with van der Waals surface area (Å²) in [4.78, 5) is 12.1. The van der Waals surface area contributed by atoms with Crippen LogP contribution >= 0.6 is 0 Å². The lowest BCUT2D eigenvalue weighted by Gasteiger charge is -2.05. The van der Waals surface area contributed by atoms with E-state index in [9.17, 15) is 0 Å². The molecule has 2 heterocycles. The third-order valence-corrected chi connectivity index (χ3v) is 2.01. The molecule has 0 bridgehead atoms. The first-order valence-corrected chi connectivity index (χ1v) is 4.76. The fraction of sp³-hybridized carbons (Fsp3) is 0.182. The summed E-state index contributed by atoms with van der Waals surface area (Å²) >= 11 is 0. The molecule has 0 atom stereocenters. The Morgan fingerprint density at radius 3 is 2.87 bits per heavy atom. The molecular formula is C11H12N4. The molecule has 0 amide bonds. The normalized spacial score (nSPS) is 9.93. The fourth-order valence-electron chi connectivity index (χ4n) is 1.27. The zero-order chi connectivity index (χ0) is 10.5. The van der Waals surface area contributed by atoms with Crippen LogP contribution in [0.2, 0.25) is 0 Å². The van der Waals surface area contributed by atoms with Gasteiger partial charge in [0, 0.05) is 23.8 Å². The van der Waals surface area contributed by atoms with Gasteiger partial charge in [0.05, 0.1) is 12.2 Å². The summed E-state index contributed by atoms with van der Waals surface area (Å²) in [6, 6.07) is 5.83. The number of nitrogens with zero attached hydrogens (tertiary/aromatic N) is 3. The molecular weight excluding hydrogens is 188 g/mol. The zero-order valence-corrected chi connectivity index (χ0v) is 8.51. The first kappa shape index (κ1) is 9.58. The summed E-state index contributed by atoms with van der Waals surface area (Å²) in [6.07, 6.45) is 5.08. The van der Waals surface area contributed by atoms with Crippen LogP contribution in [0.3, 0.4) is 0 Å². The highest BCUT2D eigenvalue weighted by atomic mass is 14.9. The van der Waals surface area contributed by atoms with Gasteiger partial charge in [-0.2, -0.15) is 0 Å². The van der Waals surface area contributed by atoms with Gasteiger partial charge < -0.3 is 5.32 Å². The minimum Gasteiger partial charge on any atom is -0.379 e. The molecule has 0 saturated heterocycles. The number of aromatic nitrogens is 3. The standard InChI is InChI=1S/C11H12N4/c1-9-6-10(3-5-13-9)14-7-11-2-4-12-8-15-11/h2-6,8H,7H2,1H3,(H,13,14). The molecule has 1 N–H and O–H groups in total. The third-order valence-electron chi connectivity index (χ3n) is 2.01. The summed E-state index contributed by atoms with van der Waals surface area (Å²) in [5.41, 5.74) is 3.03. The van der Waals surface area contributed by atoms with Gasteiger partial charge in [0.25, 0.3) is 0 Å². The molecule has 0 aliphatic rings. The minimum atomic E-state index is 0.700. The van der Waals surface area contributed by atoms with Crippen LogP contribution in [0.15, 0.2) is 36.9 Å². The maximum atomic E-state index is 4.13. The highest BCUT2D eigenvalue weighted by Crippen LogP contribution is 2.08. The van der Waals surface area contributed by atoms with Gasteiger partial charge in [0.1, 0.15) is 6.33 Å². The SMILES string of the molecule is Cc1cc(NCc2ccncn2)ccn1. The Morgan fingerprint density at radius 1 is 1.20 bits per heavy atom. The molecule has 0 unspecified atom stereocenters. The van der Waals surface area contributed by atoms with Crippen LogP contribution in [0, 0.1) is 6.92 Å². The quantitative estimate of drug-likeness (QED) is 0.820. The van der Waals surface area contributed by atoms with Crippen molar-refractivity contribution in [3.63, 3.8) is 0 Å². The van der Waals surface area contributed by atoms with Crippen LogP contribution in [0.1, 0.15) is 11.4 Å².